The van der Waals surface area contributed by atoms with E-state index in [9.17, 15) is 4.79 Å². The van der Waals surface area contributed by atoms with Gasteiger partial charge in [-0.15, -0.1) is 12.4 Å². The molecule has 1 heterocycles. The first-order valence-electron chi connectivity index (χ1n) is 7.55. The number of rotatable bonds is 1. The van der Waals surface area contributed by atoms with Crippen LogP contribution in [-0.4, -0.2) is 26.2 Å². The van der Waals surface area contributed by atoms with Crippen LogP contribution >= 0.6 is 12.4 Å². The average molecular weight is 288 g/mol. The Hall–Kier alpha value is -0.280. The van der Waals surface area contributed by atoms with Crippen LogP contribution in [0.4, 0.5) is 0 Å². The minimum Gasteiger partial charge on any atom is -0.469 e. The van der Waals surface area contributed by atoms with E-state index in [0.29, 0.717) is 11.3 Å². The molecule has 1 saturated heterocycles. The Morgan fingerprint density at radius 2 is 1.89 bits per heavy atom. The summed E-state index contributed by atoms with van der Waals surface area (Å²) in [7, 11) is 1.55. The Balaban J connectivity index is 0.00000133. The summed E-state index contributed by atoms with van der Waals surface area (Å²) in [6.07, 6.45) is 8.89. The van der Waals surface area contributed by atoms with Gasteiger partial charge in [0.25, 0.3) is 0 Å². The largest absolute Gasteiger partial charge is 0.469 e. The van der Waals surface area contributed by atoms with Crippen molar-refractivity contribution in [2.24, 2.45) is 23.2 Å². The maximum atomic E-state index is 12.1. The zero-order valence-electron chi connectivity index (χ0n) is 11.8. The van der Waals surface area contributed by atoms with Crippen LogP contribution in [0.2, 0.25) is 0 Å². The molecule has 0 bridgehead atoms. The number of fused-ring (bicyclic) bond motifs is 2. The number of esters is 1. The Bertz CT molecular complexity index is 328. The van der Waals surface area contributed by atoms with Gasteiger partial charge in [-0.1, -0.05) is 12.8 Å². The third-order valence-corrected chi connectivity index (χ3v) is 5.85. The predicted octanol–water partition coefficient (Wildman–Crippen LogP) is 2.78. The average Bonchev–Trinajstić information content (AvgIpc) is 2.74. The molecule has 0 amide bonds. The van der Waals surface area contributed by atoms with Gasteiger partial charge < -0.3 is 10.1 Å². The Morgan fingerprint density at radius 3 is 2.58 bits per heavy atom. The number of hydrogen-bond acceptors (Lipinski definition) is 3. The highest BCUT2D eigenvalue weighted by Gasteiger charge is 2.55. The zero-order chi connectivity index (χ0) is 12.6. The summed E-state index contributed by atoms with van der Waals surface area (Å²) in [6.45, 7) is 2.27. The van der Waals surface area contributed by atoms with E-state index >= 15 is 0 Å². The van der Waals surface area contributed by atoms with E-state index < -0.39 is 0 Å². The second-order valence-corrected chi connectivity index (χ2v) is 6.50. The number of nitrogens with one attached hydrogen (secondary N) is 1. The number of hydrogen-bond donors (Lipinski definition) is 1. The third-order valence-electron chi connectivity index (χ3n) is 5.85. The van der Waals surface area contributed by atoms with E-state index in [1.807, 2.05) is 0 Å². The minimum absolute atomic E-state index is 0. The summed E-state index contributed by atoms with van der Waals surface area (Å²) < 4.78 is 5.06. The lowest BCUT2D eigenvalue weighted by molar-refractivity contribution is -0.147. The van der Waals surface area contributed by atoms with Crippen molar-refractivity contribution in [1.82, 2.24) is 5.32 Å². The fraction of sp³-hybridized carbons (Fsp3) is 0.933. The molecule has 2 aliphatic carbocycles. The van der Waals surface area contributed by atoms with Gasteiger partial charge in [0.2, 0.25) is 0 Å². The summed E-state index contributed by atoms with van der Waals surface area (Å²) in [6, 6.07) is 0. The Kier molecular flexibility index (Phi) is 4.78. The van der Waals surface area contributed by atoms with Crippen molar-refractivity contribution in [2.45, 2.75) is 44.9 Å². The van der Waals surface area contributed by atoms with Crippen molar-refractivity contribution in [3.05, 3.63) is 0 Å². The Labute approximate surface area is 122 Å². The van der Waals surface area contributed by atoms with Gasteiger partial charge in [0, 0.05) is 0 Å². The number of carbonyl (C=O) groups is 1. The first-order chi connectivity index (χ1) is 8.77. The lowest BCUT2D eigenvalue weighted by Crippen LogP contribution is -2.40. The van der Waals surface area contributed by atoms with Gasteiger partial charge in [-0.25, -0.2) is 0 Å². The number of piperidine rings is 1. The van der Waals surface area contributed by atoms with Crippen LogP contribution in [0, 0.1) is 23.2 Å². The summed E-state index contributed by atoms with van der Waals surface area (Å²) in [4.78, 5) is 12.1. The van der Waals surface area contributed by atoms with Crippen molar-refractivity contribution in [2.75, 3.05) is 20.2 Å². The van der Waals surface area contributed by atoms with Gasteiger partial charge in [0.15, 0.2) is 0 Å². The first-order valence-corrected chi connectivity index (χ1v) is 7.55. The van der Waals surface area contributed by atoms with Crippen LogP contribution in [0.15, 0.2) is 0 Å². The molecule has 19 heavy (non-hydrogen) atoms. The van der Waals surface area contributed by atoms with Crippen LogP contribution in [0.3, 0.4) is 0 Å². The predicted molar refractivity (Wildman–Crippen MR) is 77.4 cm³/mol. The van der Waals surface area contributed by atoms with Gasteiger partial charge in [-0.05, 0) is 62.4 Å². The molecular formula is C15H26ClNO2. The molecule has 3 unspecified atom stereocenters. The van der Waals surface area contributed by atoms with E-state index in [1.165, 1.54) is 38.5 Å². The second-order valence-electron chi connectivity index (χ2n) is 6.50. The lowest BCUT2D eigenvalue weighted by Gasteiger charge is -2.42. The molecule has 3 nitrogen and oxygen atoms in total. The number of halogens is 1. The van der Waals surface area contributed by atoms with E-state index in [0.717, 1.165) is 25.4 Å². The third kappa shape index (κ3) is 2.52. The zero-order valence-corrected chi connectivity index (χ0v) is 12.6. The first kappa shape index (κ1) is 15.1. The quantitative estimate of drug-likeness (QED) is 0.754. The van der Waals surface area contributed by atoms with Crippen LogP contribution in [0.5, 0.6) is 0 Å². The highest BCUT2D eigenvalue weighted by Crippen LogP contribution is 2.59. The van der Waals surface area contributed by atoms with Crippen molar-refractivity contribution >= 4 is 18.4 Å². The normalized spacial score (nSPS) is 36.4. The molecule has 4 heteroatoms. The fourth-order valence-corrected chi connectivity index (χ4v) is 5.05. The summed E-state index contributed by atoms with van der Waals surface area (Å²) in [5, 5.41) is 3.47. The minimum atomic E-state index is 0. The van der Waals surface area contributed by atoms with E-state index in [1.54, 1.807) is 7.11 Å². The van der Waals surface area contributed by atoms with Crippen molar-refractivity contribution in [3.63, 3.8) is 0 Å². The van der Waals surface area contributed by atoms with Gasteiger partial charge in [-0.3, -0.25) is 4.79 Å². The molecule has 1 spiro atoms. The SMILES string of the molecule is COC(=O)C1CC2(CCNCC2)C2CCCCC12.Cl. The molecule has 1 aliphatic heterocycles. The van der Waals surface area contributed by atoms with Crippen molar-refractivity contribution in [1.29, 1.82) is 0 Å². The molecule has 3 atom stereocenters. The van der Waals surface area contributed by atoms with E-state index in [-0.39, 0.29) is 24.3 Å². The number of ether oxygens (including phenoxy) is 1. The maximum absolute atomic E-state index is 12.1. The van der Waals surface area contributed by atoms with E-state index in [2.05, 4.69) is 5.32 Å². The number of carbonyl (C=O) groups excluding carboxylic acids is 1. The Morgan fingerprint density at radius 1 is 1.21 bits per heavy atom. The van der Waals surface area contributed by atoms with Crippen LogP contribution in [0.1, 0.15) is 44.9 Å². The van der Waals surface area contributed by atoms with Crippen LogP contribution in [-0.2, 0) is 9.53 Å². The molecule has 3 rings (SSSR count). The molecule has 0 aromatic carbocycles. The standard InChI is InChI=1S/C15H25NO2.ClH/c1-18-14(17)12-10-15(6-8-16-9-7-15)13-5-3-2-4-11(12)13;/h11-13,16H,2-10H2,1H3;1H. The van der Waals surface area contributed by atoms with Gasteiger partial charge >= 0.3 is 5.97 Å². The van der Waals surface area contributed by atoms with Crippen molar-refractivity contribution < 1.29 is 9.53 Å². The molecule has 1 N–H and O–H groups in total. The molecule has 0 radical (unpaired) electrons. The molecule has 3 fully saturated rings. The molecule has 0 aromatic heterocycles. The van der Waals surface area contributed by atoms with Gasteiger partial charge in [0.1, 0.15) is 0 Å². The second kappa shape index (κ2) is 6.01. The highest BCUT2D eigenvalue weighted by atomic mass is 35.5. The van der Waals surface area contributed by atoms with Crippen LogP contribution < -0.4 is 5.32 Å². The summed E-state index contributed by atoms with van der Waals surface area (Å²) >= 11 is 0. The monoisotopic (exact) mass is 287 g/mol. The maximum Gasteiger partial charge on any atom is 0.308 e. The highest BCUT2D eigenvalue weighted by molar-refractivity contribution is 5.85. The molecular weight excluding hydrogens is 262 g/mol. The van der Waals surface area contributed by atoms with Crippen molar-refractivity contribution in [3.8, 4) is 0 Å². The van der Waals surface area contributed by atoms with Gasteiger partial charge in [-0.2, -0.15) is 0 Å². The molecule has 3 aliphatic rings. The van der Waals surface area contributed by atoms with E-state index in [4.69, 9.17) is 4.74 Å². The molecule has 0 aromatic rings. The summed E-state index contributed by atoms with van der Waals surface area (Å²) in [5.41, 5.74) is 0.454. The summed E-state index contributed by atoms with van der Waals surface area (Å²) in [5.74, 6) is 1.66. The molecule has 110 valence electrons. The topological polar surface area (TPSA) is 38.3 Å². The smallest absolute Gasteiger partial charge is 0.308 e. The fourth-order valence-electron chi connectivity index (χ4n) is 5.05. The number of methoxy groups -OCH3 is 1. The van der Waals surface area contributed by atoms with Gasteiger partial charge in [0.05, 0.1) is 13.0 Å². The van der Waals surface area contributed by atoms with Crippen LogP contribution in [0.25, 0.3) is 0 Å². The lowest BCUT2D eigenvalue weighted by atomic mass is 9.65. The molecule has 2 saturated carbocycles.